The lowest BCUT2D eigenvalue weighted by Gasteiger charge is -2.20. The molecule has 0 aliphatic carbocycles. The molecule has 2 heteroatoms. The largest absolute Gasteiger partial charge is 0.317 e. The van der Waals surface area contributed by atoms with Crippen molar-refractivity contribution in [3.63, 3.8) is 0 Å². The maximum Gasteiger partial charge on any atom is 0.00965 e. The summed E-state index contributed by atoms with van der Waals surface area (Å²) in [7, 11) is 2.06. The highest BCUT2D eigenvalue weighted by atomic mass is 14.9. The van der Waals surface area contributed by atoms with Gasteiger partial charge in [0.05, 0.1) is 0 Å². The fourth-order valence-corrected chi connectivity index (χ4v) is 1.53. The van der Waals surface area contributed by atoms with Crippen LogP contribution in [0.5, 0.6) is 0 Å². The van der Waals surface area contributed by atoms with E-state index in [4.69, 9.17) is 0 Å². The third-order valence-corrected chi connectivity index (χ3v) is 2.54. The van der Waals surface area contributed by atoms with E-state index in [1.807, 2.05) is 0 Å². The van der Waals surface area contributed by atoms with Gasteiger partial charge in [-0.1, -0.05) is 13.3 Å². The van der Waals surface area contributed by atoms with E-state index >= 15 is 0 Å². The minimum Gasteiger partial charge on any atom is -0.317 e. The lowest BCUT2D eigenvalue weighted by molar-refractivity contribution is 0.407. The number of nitrogens with one attached hydrogen (secondary N) is 2. The summed E-state index contributed by atoms with van der Waals surface area (Å²) >= 11 is 0. The van der Waals surface area contributed by atoms with Gasteiger partial charge in [-0.3, -0.25) is 0 Å². The summed E-state index contributed by atoms with van der Waals surface area (Å²) in [6, 6.07) is 0.713. The van der Waals surface area contributed by atoms with Crippen LogP contribution in [-0.4, -0.2) is 25.2 Å². The van der Waals surface area contributed by atoms with E-state index in [0.29, 0.717) is 6.04 Å². The quantitative estimate of drug-likeness (QED) is 0.617. The summed E-state index contributed by atoms with van der Waals surface area (Å²) in [4.78, 5) is 0. The highest BCUT2D eigenvalue weighted by molar-refractivity contribution is 4.70. The minimum absolute atomic E-state index is 0.271. The van der Waals surface area contributed by atoms with Crippen molar-refractivity contribution in [2.45, 2.75) is 65.0 Å². The molecule has 86 valence electrons. The van der Waals surface area contributed by atoms with Crippen molar-refractivity contribution in [2.75, 3.05) is 13.6 Å². The van der Waals surface area contributed by atoms with E-state index in [0.717, 1.165) is 6.54 Å². The first-order valence-corrected chi connectivity index (χ1v) is 5.92. The molecule has 0 saturated carbocycles. The summed E-state index contributed by atoms with van der Waals surface area (Å²) in [5, 5.41) is 6.85. The summed E-state index contributed by atoms with van der Waals surface area (Å²) in [6.45, 7) is 10.0. The van der Waals surface area contributed by atoms with Crippen LogP contribution in [0.3, 0.4) is 0 Å². The van der Waals surface area contributed by atoms with Gasteiger partial charge in [0.15, 0.2) is 0 Å². The van der Waals surface area contributed by atoms with Crippen molar-refractivity contribution in [3.8, 4) is 0 Å². The minimum atomic E-state index is 0.271. The third-order valence-electron chi connectivity index (χ3n) is 2.54. The van der Waals surface area contributed by atoms with E-state index in [1.54, 1.807) is 0 Å². The Morgan fingerprint density at radius 3 is 2.21 bits per heavy atom. The molecular formula is C12H28N2. The van der Waals surface area contributed by atoms with Gasteiger partial charge in [0.1, 0.15) is 0 Å². The van der Waals surface area contributed by atoms with Crippen molar-refractivity contribution in [3.05, 3.63) is 0 Å². The van der Waals surface area contributed by atoms with Crippen LogP contribution in [0, 0.1) is 0 Å². The molecule has 0 aliphatic rings. The van der Waals surface area contributed by atoms with Gasteiger partial charge < -0.3 is 10.6 Å². The molecule has 1 unspecified atom stereocenters. The van der Waals surface area contributed by atoms with Crippen LogP contribution in [0.4, 0.5) is 0 Å². The maximum atomic E-state index is 3.51. The Labute approximate surface area is 89.9 Å². The molecule has 0 heterocycles. The topological polar surface area (TPSA) is 24.1 Å². The fraction of sp³-hybridized carbons (Fsp3) is 1.00. The van der Waals surface area contributed by atoms with Gasteiger partial charge in [-0.15, -0.1) is 0 Å². The molecule has 2 N–H and O–H groups in total. The Kier molecular flexibility index (Phi) is 7.20. The molecule has 0 radical (unpaired) electrons. The first-order valence-electron chi connectivity index (χ1n) is 5.92. The van der Waals surface area contributed by atoms with Crippen LogP contribution >= 0.6 is 0 Å². The molecule has 0 aliphatic heterocycles. The van der Waals surface area contributed by atoms with Crippen LogP contribution in [0.25, 0.3) is 0 Å². The second-order valence-electron chi connectivity index (χ2n) is 5.07. The van der Waals surface area contributed by atoms with Gasteiger partial charge in [0.2, 0.25) is 0 Å². The number of hydrogen-bond acceptors (Lipinski definition) is 2. The Hall–Kier alpha value is -0.0800. The lowest BCUT2D eigenvalue weighted by Crippen LogP contribution is -2.36. The third kappa shape index (κ3) is 8.52. The highest BCUT2D eigenvalue weighted by Crippen LogP contribution is 2.04. The van der Waals surface area contributed by atoms with Crippen LogP contribution in [0.15, 0.2) is 0 Å². The molecule has 0 rings (SSSR count). The van der Waals surface area contributed by atoms with Crippen molar-refractivity contribution in [2.24, 2.45) is 0 Å². The molecular weight excluding hydrogens is 172 g/mol. The maximum absolute atomic E-state index is 3.51. The first kappa shape index (κ1) is 13.9. The van der Waals surface area contributed by atoms with E-state index < -0.39 is 0 Å². The fourth-order valence-electron chi connectivity index (χ4n) is 1.53. The predicted octanol–water partition coefficient (Wildman–Crippen LogP) is 2.54. The smallest absolute Gasteiger partial charge is 0.00965 e. The van der Waals surface area contributed by atoms with Gasteiger partial charge in [-0.05, 0) is 53.6 Å². The van der Waals surface area contributed by atoms with E-state index in [1.165, 1.54) is 25.7 Å². The molecule has 2 nitrogen and oxygen atoms in total. The van der Waals surface area contributed by atoms with Gasteiger partial charge in [0.25, 0.3) is 0 Å². The van der Waals surface area contributed by atoms with Gasteiger partial charge in [0, 0.05) is 11.6 Å². The molecule has 0 aromatic carbocycles. The van der Waals surface area contributed by atoms with Crippen LogP contribution < -0.4 is 10.6 Å². The Balaban J connectivity index is 3.29. The second-order valence-corrected chi connectivity index (χ2v) is 5.07. The molecule has 14 heavy (non-hydrogen) atoms. The van der Waals surface area contributed by atoms with Crippen LogP contribution in [0.2, 0.25) is 0 Å². The standard InChI is InChI=1S/C12H28N2/c1-6-11(13-5)9-7-8-10-14-12(2,3)4/h11,13-14H,6-10H2,1-5H3. The number of rotatable bonds is 7. The van der Waals surface area contributed by atoms with Crippen LogP contribution in [0.1, 0.15) is 53.4 Å². The molecule has 0 amide bonds. The Morgan fingerprint density at radius 1 is 1.14 bits per heavy atom. The van der Waals surface area contributed by atoms with E-state index in [-0.39, 0.29) is 5.54 Å². The zero-order valence-electron chi connectivity index (χ0n) is 10.6. The average molecular weight is 200 g/mol. The van der Waals surface area contributed by atoms with Gasteiger partial charge in [-0.25, -0.2) is 0 Å². The average Bonchev–Trinajstić information content (AvgIpc) is 2.09. The van der Waals surface area contributed by atoms with Crippen molar-refractivity contribution in [1.29, 1.82) is 0 Å². The predicted molar refractivity (Wildman–Crippen MR) is 64.7 cm³/mol. The molecule has 1 atom stereocenters. The van der Waals surface area contributed by atoms with E-state index in [9.17, 15) is 0 Å². The lowest BCUT2D eigenvalue weighted by atomic mass is 10.1. The zero-order valence-corrected chi connectivity index (χ0v) is 10.6. The summed E-state index contributed by atoms with van der Waals surface area (Å²) in [6.07, 6.45) is 5.15. The van der Waals surface area contributed by atoms with E-state index in [2.05, 4.69) is 45.4 Å². The molecule has 0 aromatic heterocycles. The van der Waals surface area contributed by atoms with Gasteiger partial charge in [-0.2, -0.15) is 0 Å². The first-order chi connectivity index (χ1) is 6.49. The SMILES string of the molecule is CCC(CCCCNC(C)(C)C)NC. The van der Waals surface area contributed by atoms with Crippen molar-refractivity contribution < 1.29 is 0 Å². The number of hydrogen-bond donors (Lipinski definition) is 2. The molecule has 0 spiro atoms. The van der Waals surface area contributed by atoms with Crippen molar-refractivity contribution in [1.82, 2.24) is 10.6 Å². The number of unbranched alkanes of at least 4 members (excludes halogenated alkanes) is 1. The summed E-state index contributed by atoms with van der Waals surface area (Å²) in [5.41, 5.74) is 0.271. The second kappa shape index (κ2) is 7.24. The Morgan fingerprint density at radius 2 is 1.79 bits per heavy atom. The molecule has 0 fully saturated rings. The monoisotopic (exact) mass is 200 g/mol. The van der Waals surface area contributed by atoms with Gasteiger partial charge >= 0.3 is 0 Å². The van der Waals surface area contributed by atoms with Crippen LogP contribution in [-0.2, 0) is 0 Å². The molecule has 0 saturated heterocycles. The molecule has 0 aromatic rings. The Bertz CT molecular complexity index is 123. The summed E-state index contributed by atoms with van der Waals surface area (Å²) < 4.78 is 0. The molecule has 0 bridgehead atoms. The van der Waals surface area contributed by atoms with Crippen molar-refractivity contribution >= 4 is 0 Å². The highest BCUT2D eigenvalue weighted by Gasteiger charge is 2.07. The zero-order chi connectivity index (χ0) is 11.0. The summed E-state index contributed by atoms with van der Waals surface area (Å²) in [5.74, 6) is 0. The normalized spacial score (nSPS) is 14.4.